The fourth-order valence-corrected chi connectivity index (χ4v) is 3.84. The third kappa shape index (κ3) is 2.44. The number of carbonyl (C=O) groups is 1. The maximum atomic E-state index is 12.4. The molecule has 1 saturated heterocycles. The van der Waals surface area contributed by atoms with E-state index in [4.69, 9.17) is 0 Å². The molecule has 3 N–H and O–H groups in total. The van der Waals surface area contributed by atoms with E-state index in [-0.39, 0.29) is 5.91 Å². The molecule has 1 atom stereocenters. The number of aromatic amines is 2. The van der Waals surface area contributed by atoms with Crippen molar-refractivity contribution in [2.75, 3.05) is 13.6 Å². The molecule has 5 rings (SSSR count). The van der Waals surface area contributed by atoms with Gasteiger partial charge in [-0.1, -0.05) is 18.2 Å². The Bertz CT molecular complexity index is 1190. The SMILES string of the molecule is CN1CC[C@@](O)(c2cccc(-c3cc(-c4c[nH]c5ncccc45)[nH]n3)c2)C1=O. The van der Waals surface area contributed by atoms with Crippen LogP contribution in [0.4, 0.5) is 0 Å². The number of aliphatic hydroxyl groups is 1. The van der Waals surface area contributed by atoms with Gasteiger partial charge in [0.15, 0.2) is 5.60 Å². The van der Waals surface area contributed by atoms with Crippen molar-refractivity contribution < 1.29 is 9.90 Å². The number of carbonyl (C=O) groups excluding carboxylic acids is 1. The summed E-state index contributed by atoms with van der Waals surface area (Å²) >= 11 is 0. The molecule has 28 heavy (non-hydrogen) atoms. The summed E-state index contributed by atoms with van der Waals surface area (Å²) in [5, 5.41) is 19.4. The number of hydrogen-bond acceptors (Lipinski definition) is 4. The van der Waals surface area contributed by atoms with Crippen molar-refractivity contribution in [3.63, 3.8) is 0 Å². The molecule has 1 amide bonds. The van der Waals surface area contributed by atoms with Gasteiger partial charge >= 0.3 is 0 Å². The van der Waals surface area contributed by atoms with Gasteiger partial charge in [0.05, 0.1) is 11.4 Å². The third-order valence-electron chi connectivity index (χ3n) is 5.46. The van der Waals surface area contributed by atoms with Crippen molar-refractivity contribution in [3.8, 4) is 22.5 Å². The van der Waals surface area contributed by atoms with E-state index >= 15 is 0 Å². The Morgan fingerprint density at radius 1 is 1.21 bits per heavy atom. The maximum absolute atomic E-state index is 12.4. The number of rotatable bonds is 3. The standard InChI is InChI=1S/C21H19N5O2/c1-26-9-7-21(28,20(26)27)14-5-2-4-13(10-14)17-11-18(25-24-17)16-12-23-19-15(16)6-3-8-22-19/h2-6,8,10-12,28H,7,9H2,1H3,(H,22,23)(H,24,25)/t21-/m1/s1. The normalized spacial score (nSPS) is 19.6. The fraction of sp³-hybridized carbons (Fsp3) is 0.190. The molecule has 0 unspecified atom stereocenters. The average molecular weight is 373 g/mol. The molecule has 1 aliphatic heterocycles. The summed E-state index contributed by atoms with van der Waals surface area (Å²) < 4.78 is 0. The Kier molecular flexibility index (Phi) is 3.60. The molecule has 3 aromatic heterocycles. The van der Waals surface area contributed by atoms with Crippen LogP contribution in [0.25, 0.3) is 33.5 Å². The Hall–Kier alpha value is -3.45. The predicted octanol–water partition coefficient (Wildman–Crippen LogP) is 2.67. The van der Waals surface area contributed by atoms with Gasteiger partial charge in [-0.3, -0.25) is 9.89 Å². The van der Waals surface area contributed by atoms with E-state index in [9.17, 15) is 9.90 Å². The van der Waals surface area contributed by atoms with Gasteiger partial charge < -0.3 is 15.0 Å². The quantitative estimate of drug-likeness (QED) is 0.514. The highest BCUT2D eigenvalue weighted by atomic mass is 16.3. The molecule has 1 aliphatic rings. The van der Waals surface area contributed by atoms with Crippen LogP contribution in [-0.4, -0.2) is 49.7 Å². The van der Waals surface area contributed by atoms with E-state index in [1.807, 2.05) is 42.6 Å². The van der Waals surface area contributed by atoms with Gasteiger partial charge in [-0.05, 0) is 29.8 Å². The van der Waals surface area contributed by atoms with Crippen LogP contribution in [0.1, 0.15) is 12.0 Å². The third-order valence-corrected chi connectivity index (χ3v) is 5.46. The van der Waals surface area contributed by atoms with E-state index in [0.29, 0.717) is 18.5 Å². The van der Waals surface area contributed by atoms with Gasteiger partial charge in [-0.25, -0.2) is 4.98 Å². The molecule has 0 aliphatic carbocycles. The number of H-pyrrole nitrogens is 2. The molecule has 0 bridgehead atoms. The number of nitrogens with zero attached hydrogens (tertiary/aromatic N) is 3. The molecule has 0 saturated carbocycles. The first-order chi connectivity index (χ1) is 13.6. The van der Waals surface area contributed by atoms with E-state index in [2.05, 4.69) is 20.2 Å². The van der Waals surface area contributed by atoms with Gasteiger partial charge in [-0.15, -0.1) is 0 Å². The molecule has 0 spiro atoms. The minimum absolute atomic E-state index is 0.265. The first-order valence-electron chi connectivity index (χ1n) is 9.13. The molecular weight excluding hydrogens is 354 g/mol. The lowest BCUT2D eigenvalue weighted by molar-refractivity contribution is -0.143. The number of likely N-dealkylation sites (tertiary alicyclic amines) is 1. The second kappa shape index (κ2) is 6.03. The second-order valence-electron chi connectivity index (χ2n) is 7.19. The van der Waals surface area contributed by atoms with E-state index in [1.54, 1.807) is 24.2 Å². The van der Waals surface area contributed by atoms with E-state index in [1.165, 1.54) is 0 Å². The van der Waals surface area contributed by atoms with Gasteiger partial charge in [0.1, 0.15) is 5.65 Å². The highest BCUT2D eigenvalue weighted by Crippen LogP contribution is 2.35. The zero-order valence-electron chi connectivity index (χ0n) is 15.3. The number of hydrogen-bond donors (Lipinski definition) is 3. The van der Waals surface area contributed by atoms with Crippen LogP contribution in [0, 0.1) is 0 Å². The summed E-state index contributed by atoms with van der Waals surface area (Å²) in [6.07, 6.45) is 4.04. The summed E-state index contributed by atoms with van der Waals surface area (Å²) in [6, 6.07) is 13.3. The van der Waals surface area contributed by atoms with Crippen LogP contribution in [0.5, 0.6) is 0 Å². The van der Waals surface area contributed by atoms with Gasteiger partial charge in [0.25, 0.3) is 5.91 Å². The number of nitrogens with one attached hydrogen (secondary N) is 2. The first-order valence-corrected chi connectivity index (χ1v) is 9.13. The van der Waals surface area contributed by atoms with Crippen LogP contribution in [0.15, 0.2) is 54.9 Å². The fourth-order valence-electron chi connectivity index (χ4n) is 3.84. The van der Waals surface area contributed by atoms with Gasteiger partial charge in [0, 0.05) is 48.9 Å². The molecule has 4 aromatic rings. The molecule has 7 heteroatoms. The van der Waals surface area contributed by atoms with Crippen LogP contribution in [-0.2, 0) is 10.4 Å². The lowest BCUT2D eigenvalue weighted by atomic mass is 9.90. The Morgan fingerprint density at radius 2 is 2.11 bits per heavy atom. The van der Waals surface area contributed by atoms with Crippen LogP contribution in [0.2, 0.25) is 0 Å². The molecule has 0 radical (unpaired) electrons. The van der Waals surface area contributed by atoms with Crippen LogP contribution >= 0.6 is 0 Å². The lowest BCUT2D eigenvalue weighted by Gasteiger charge is -2.21. The zero-order valence-corrected chi connectivity index (χ0v) is 15.3. The minimum atomic E-state index is -1.47. The van der Waals surface area contributed by atoms with Crippen LogP contribution in [0.3, 0.4) is 0 Å². The monoisotopic (exact) mass is 373 g/mol. The molecule has 1 aromatic carbocycles. The minimum Gasteiger partial charge on any atom is -0.375 e. The largest absolute Gasteiger partial charge is 0.375 e. The van der Waals surface area contributed by atoms with Crippen molar-refractivity contribution in [2.45, 2.75) is 12.0 Å². The van der Waals surface area contributed by atoms with Crippen molar-refractivity contribution in [1.29, 1.82) is 0 Å². The highest BCUT2D eigenvalue weighted by molar-refractivity contribution is 5.93. The highest BCUT2D eigenvalue weighted by Gasteiger charge is 2.45. The molecular formula is C21H19N5O2. The summed E-state index contributed by atoms with van der Waals surface area (Å²) in [4.78, 5) is 21.4. The van der Waals surface area contributed by atoms with Crippen molar-refractivity contribution >= 4 is 16.9 Å². The number of aromatic nitrogens is 4. The smallest absolute Gasteiger partial charge is 0.258 e. The lowest BCUT2D eigenvalue weighted by Crippen LogP contribution is -2.36. The molecule has 1 fully saturated rings. The molecule has 140 valence electrons. The number of pyridine rings is 1. The number of benzene rings is 1. The Labute approximate surface area is 161 Å². The molecule has 4 heterocycles. The van der Waals surface area contributed by atoms with Gasteiger partial charge in [-0.2, -0.15) is 5.10 Å². The van der Waals surface area contributed by atoms with Crippen molar-refractivity contribution in [1.82, 2.24) is 25.1 Å². The average Bonchev–Trinajstić information content (AvgIpc) is 3.43. The predicted molar refractivity (Wildman–Crippen MR) is 105 cm³/mol. The second-order valence-corrected chi connectivity index (χ2v) is 7.19. The number of fused-ring (bicyclic) bond motifs is 1. The van der Waals surface area contributed by atoms with E-state index < -0.39 is 5.60 Å². The van der Waals surface area contributed by atoms with E-state index in [0.717, 1.165) is 33.5 Å². The molecule has 7 nitrogen and oxygen atoms in total. The summed E-state index contributed by atoms with van der Waals surface area (Å²) in [7, 11) is 1.71. The Balaban J connectivity index is 1.52. The Morgan fingerprint density at radius 3 is 2.93 bits per heavy atom. The first kappa shape index (κ1) is 16.7. The van der Waals surface area contributed by atoms with Gasteiger partial charge in [0.2, 0.25) is 0 Å². The summed E-state index contributed by atoms with van der Waals surface area (Å²) in [5.41, 5.74) is 3.40. The zero-order chi connectivity index (χ0) is 19.3. The summed E-state index contributed by atoms with van der Waals surface area (Å²) in [5.74, 6) is -0.265. The maximum Gasteiger partial charge on any atom is 0.258 e. The number of likely N-dealkylation sites (N-methyl/N-ethyl adjacent to an activating group) is 1. The number of amides is 1. The van der Waals surface area contributed by atoms with Crippen molar-refractivity contribution in [3.05, 3.63) is 60.4 Å². The van der Waals surface area contributed by atoms with Crippen LogP contribution < -0.4 is 0 Å². The topological polar surface area (TPSA) is 97.9 Å². The van der Waals surface area contributed by atoms with Crippen molar-refractivity contribution in [2.24, 2.45) is 0 Å². The summed E-state index contributed by atoms with van der Waals surface area (Å²) in [6.45, 7) is 0.542.